The Bertz CT molecular complexity index is 480. The Morgan fingerprint density at radius 2 is 1.47 bits per heavy atom. The minimum Gasteiger partial charge on any atom is -0.478 e. The van der Waals surface area contributed by atoms with Gasteiger partial charge in [-0.2, -0.15) is 0 Å². The van der Waals surface area contributed by atoms with Crippen molar-refractivity contribution in [1.82, 2.24) is 0 Å². The van der Waals surface area contributed by atoms with Gasteiger partial charge in [-0.1, -0.05) is 18.2 Å². The highest BCUT2D eigenvalue weighted by atomic mass is 16.4. The summed E-state index contributed by atoms with van der Waals surface area (Å²) in [6.07, 6.45) is 3.15. The normalized spacial score (nSPS) is 9.68. The molecule has 100 valence electrons. The van der Waals surface area contributed by atoms with E-state index in [0.29, 0.717) is 13.1 Å². The number of carboxylic acid groups (broad SMARTS) is 2. The van der Waals surface area contributed by atoms with Crippen LogP contribution < -0.4 is 4.90 Å². The molecule has 0 aliphatic heterocycles. The molecule has 0 atom stereocenters. The van der Waals surface area contributed by atoms with Crippen LogP contribution >= 0.6 is 0 Å². The molecule has 0 bridgehead atoms. The molecule has 19 heavy (non-hydrogen) atoms. The van der Waals surface area contributed by atoms with E-state index in [1.54, 1.807) is 17.1 Å². The van der Waals surface area contributed by atoms with Crippen LogP contribution in [0.5, 0.6) is 0 Å². The first-order chi connectivity index (χ1) is 9.02. The molecule has 5 nitrogen and oxygen atoms in total. The Morgan fingerprint density at radius 1 is 1.05 bits per heavy atom. The predicted octanol–water partition coefficient (Wildman–Crippen LogP) is 2.26. The molecule has 0 amide bonds. The lowest BCUT2D eigenvalue weighted by Gasteiger charge is -2.25. The first kappa shape index (κ1) is 14.5. The second kappa shape index (κ2) is 6.39. The van der Waals surface area contributed by atoms with Crippen LogP contribution in [0.2, 0.25) is 0 Å². The number of para-hydroxylation sites is 1. The maximum Gasteiger partial charge on any atom is 0.337 e. The molecule has 1 rings (SSSR count). The van der Waals surface area contributed by atoms with Crippen LogP contribution in [0.15, 0.2) is 43.5 Å². The van der Waals surface area contributed by atoms with Crippen LogP contribution in [0, 0.1) is 0 Å². The summed E-state index contributed by atoms with van der Waals surface area (Å²) >= 11 is 0. The zero-order chi connectivity index (χ0) is 14.4. The summed E-state index contributed by atoms with van der Waals surface area (Å²) in [5.41, 5.74) is 0.0644. The van der Waals surface area contributed by atoms with E-state index in [1.165, 1.54) is 18.2 Å². The number of hydrogen-bond donors (Lipinski definition) is 2. The number of rotatable bonds is 7. The first-order valence-corrected chi connectivity index (χ1v) is 5.59. The molecule has 1 aromatic carbocycles. The highest BCUT2D eigenvalue weighted by Gasteiger charge is 2.21. The van der Waals surface area contributed by atoms with E-state index in [2.05, 4.69) is 13.2 Å². The van der Waals surface area contributed by atoms with Gasteiger partial charge in [-0.25, -0.2) is 9.59 Å². The Labute approximate surface area is 111 Å². The predicted molar refractivity (Wildman–Crippen MR) is 73.0 cm³/mol. The van der Waals surface area contributed by atoms with Crippen molar-refractivity contribution in [3.05, 3.63) is 54.6 Å². The van der Waals surface area contributed by atoms with Gasteiger partial charge in [0.1, 0.15) is 0 Å². The van der Waals surface area contributed by atoms with E-state index < -0.39 is 11.9 Å². The third-order valence-electron chi connectivity index (χ3n) is 2.51. The molecule has 2 N–H and O–H groups in total. The molecular weight excluding hydrogens is 246 g/mol. The van der Waals surface area contributed by atoms with Crippen LogP contribution in [0.4, 0.5) is 5.69 Å². The van der Waals surface area contributed by atoms with Gasteiger partial charge in [-0.3, -0.25) is 0 Å². The van der Waals surface area contributed by atoms with E-state index in [4.69, 9.17) is 0 Å². The minimum atomic E-state index is -1.17. The van der Waals surface area contributed by atoms with Crippen molar-refractivity contribution in [1.29, 1.82) is 0 Å². The lowest BCUT2D eigenvalue weighted by molar-refractivity contribution is 0.0696. The van der Waals surface area contributed by atoms with Crippen molar-refractivity contribution in [2.24, 2.45) is 0 Å². The van der Waals surface area contributed by atoms with Crippen molar-refractivity contribution in [2.45, 2.75) is 0 Å². The third kappa shape index (κ3) is 3.22. The summed E-state index contributed by atoms with van der Waals surface area (Å²) in [6.45, 7) is 7.83. The molecule has 0 saturated heterocycles. The quantitative estimate of drug-likeness (QED) is 0.736. The topological polar surface area (TPSA) is 77.8 Å². The van der Waals surface area contributed by atoms with Gasteiger partial charge in [0.25, 0.3) is 0 Å². The summed E-state index contributed by atoms with van der Waals surface area (Å²) in [6, 6.07) is 4.17. The van der Waals surface area contributed by atoms with Gasteiger partial charge in [0, 0.05) is 13.1 Å². The maximum absolute atomic E-state index is 11.2. The fraction of sp³-hybridized carbons (Fsp3) is 0.143. The average Bonchev–Trinajstić information content (AvgIpc) is 2.37. The number of carbonyl (C=O) groups is 2. The molecule has 0 saturated carbocycles. The number of carboxylic acids is 2. The summed E-state index contributed by atoms with van der Waals surface area (Å²) in [7, 11) is 0. The summed E-state index contributed by atoms with van der Waals surface area (Å²) in [4.78, 5) is 24.1. The fourth-order valence-electron chi connectivity index (χ4n) is 1.80. The van der Waals surface area contributed by atoms with Crippen molar-refractivity contribution >= 4 is 17.6 Å². The van der Waals surface area contributed by atoms with E-state index in [-0.39, 0.29) is 16.8 Å². The lowest BCUT2D eigenvalue weighted by atomic mass is 10.1. The minimum absolute atomic E-state index is 0.0522. The molecule has 0 radical (unpaired) electrons. The molecule has 0 heterocycles. The fourth-order valence-corrected chi connectivity index (χ4v) is 1.80. The smallest absolute Gasteiger partial charge is 0.337 e. The highest BCUT2D eigenvalue weighted by molar-refractivity contribution is 6.03. The third-order valence-corrected chi connectivity index (χ3v) is 2.51. The molecule has 0 unspecified atom stereocenters. The van der Waals surface area contributed by atoms with Crippen molar-refractivity contribution in [3.63, 3.8) is 0 Å². The molecule has 0 aliphatic rings. The van der Waals surface area contributed by atoms with Crippen LogP contribution in [0.25, 0.3) is 0 Å². The zero-order valence-electron chi connectivity index (χ0n) is 10.4. The van der Waals surface area contributed by atoms with Crippen LogP contribution in [-0.4, -0.2) is 35.2 Å². The standard InChI is InChI=1S/C14H15NO4/c1-3-8-15(9-4-2)12-10(13(16)17)6-5-7-11(12)14(18)19/h3-7H,1-2,8-9H2,(H,16,17)(H,18,19). The van der Waals surface area contributed by atoms with Crippen molar-refractivity contribution in [3.8, 4) is 0 Å². The molecule has 0 fully saturated rings. The second-order valence-corrected chi connectivity index (χ2v) is 3.79. The van der Waals surface area contributed by atoms with Crippen LogP contribution in [0.3, 0.4) is 0 Å². The van der Waals surface area contributed by atoms with E-state index in [9.17, 15) is 19.8 Å². The van der Waals surface area contributed by atoms with Gasteiger partial charge in [0.2, 0.25) is 0 Å². The molecule has 0 aliphatic carbocycles. The molecule has 0 spiro atoms. The maximum atomic E-state index is 11.2. The van der Waals surface area contributed by atoms with Gasteiger partial charge in [-0.05, 0) is 12.1 Å². The molecule has 1 aromatic rings. The number of anilines is 1. The van der Waals surface area contributed by atoms with E-state index in [1.807, 2.05) is 0 Å². The summed E-state index contributed by atoms with van der Waals surface area (Å²) in [5, 5.41) is 18.4. The summed E-state index contributed by atoms with van der Waals surface area (Å²) in [5.74, 6) is -2.34. The Kier molecular flexibility index (Phi) is 4.88. The molecule has 5 heteroatoms. The van der Waals surface area contributed by atoms with Crippen molar-refractivity contribution in [2.75, 3.05) is 18.0 Å². The Morgan fingerprint density at radius 3 is 1.79 bits per heavy atom. The van der Waals surface area contributed by atoms with E-state index >= 15 is 0 Å². The first-order valence-electron chi connectivity index (χ1n) is 5.59. The van der Waals surface area contributed by atoms with E-state index in [0.717, 1.165) is 0 Å². The van der Waals surface area contributed by atoms with Crippen molar-refractivity contribution < 1.29 is 19.8 Å². The van der Waals surface area contributed by atoms with Gasteiger partial charge < -0.3 is 15.1 Å². The van der Waals surface area contributed by atoms with Gasteiger partial charge in [-0.15, -0.1) is 13.2 Å². The zero-order valence-corrected chi connectivity index (χ0v) is 10.4. The van der Waals surface area contributed by atoms with Gasteiger partial charge in [0.15, 0.2) is 0 Å². The van der Waals surface area contributed by atoms with Gasteiger partial charge in [0.05, 0.1) is 16.8 Å². The monoisotopic (exact) mass is 261 g/mol. The average molecular weight is 261 g/mol. The SMILES string of the molecule is C=CCN(CC=C)c1c(C(=O)O)cccc1C(=O)O. The van der Waals surface area contributed by atoms with Crippen LogP contribution in [-0.2, 0) is 0 Å². The molecular formula is C14H15NO4. The number of benzene rings is 1. The largest absolute Gasteiger partial charge is 0.478 e. The molecule has 0 aromatic heterocycles. The Balaban J connectivity index is 3.48. The lowest BCUT2D eigenvalue weighted by Crippen LogP contribution is -2.27. The van der Waals surface area contributed by atoms with Crippen LogP contribution in [0.1, 0.15) is 20.7 Å². The number of nitrogens with zero attached hydrogens (tertiary/aromatic N) is 1. The Hall–Kier alpha value is -2.56. The highest BCUT2D eigenvalue weighted by Crippen LogP contribution is 2.26. The number of aromatic carboxylic acids is 2. The van der Waals surface area contributed by atoms with Gasteiger partial charge >= 0.3 is 11.9 Å². The number of hydrogen-bond acceptors (Lipinski definition) is 3. The second-order valence-electron chi connectivity index (χ2n) is 3.79. The summed E-state index contributed by atoms with van der Waals surface area (Å²) < 4.78 is 0.